The molecule has 0 aliphatic carbocycles. The summed E-state index contributed by atoms with van der Waals surface area (Å²) in [6.07, 6.45) is -1.97. The maximum absolute atomic E-state index is 11.9. The van der Waals surface area contributed by atoms with Crippen LogP contribution in [0.1, 0.15) is 24.4 Å². The first-order chi connectivity index (χ1) is 6.53. The minimum atomic E-state index is -4.16. The number of hydrogen-bond donors (Lipinski definition) is 1. The smallest absolute Gasteiger partial charge is 0.300 e. The summed E-state index contributed by atoms with van der Waals surface area (Å²) in [6.45, 7) is 0.862. The lowest BCUT2D eigenvalue weighted by Crippen LogP contribution is -2.31. The van der Waals surface area contributed by atoms with Crippen molar-refractivity contribution < 1.29 is 13.2 Å². The van der Waals surface area contributed by atoms with E-state index in [1.54, 1.807) is 11.6 Å². The third-order valence-electron chi connectivity index (χ3n) is 1.71. The average molecular weight is 224 g/mol. The maximum Gasteiger partial charge on any atom is 0.401 e. The fourth-order valence-electron chi connectivity index (χ4n) is 1.05. The van der Waals surface area contributed by atoms with E-state index in [-0.39, 0.29) is 6.04 Å². The molecular weight excluding hydrogens is 213 g/mol. The van der Waals surface area contributed by atoms with Crippen molar-refractivity contribution >= 4 is 11.3 Å². The highest BCUT2D eigenvalue weighted by Crippen LogP contribution is 2.21. The number of nitrogens with zero attached hydrogens (tertiary/aromatic N) is 1. The predicted octanol–water partition coefficient (Wildman–Crippen LogP) is 2.75. The number of rotatable bonds is 4. The van der Waals surface area contributed by atoms with E-state index in [1.165, 1.54) is 11.3 Å². The van der Waals surface area contributed by atoms with Crippen LogP contribution in [0, 0.1) is 0 Å². The van der Waals surface area contributed by atoms with E-state index in [2.05, 4.69) is 10.3 Å². The second-order valence-electron chi connectivity index (χ2n) is 2.83. The molecule has 0 aromatic carbocycles. The van der Waals surface area contributed by atoms with Crippen molar-refractivity contribution in [2.45, 2.75) is 25.6 Å². The standard InChI is InChI=1S/C8H11F3N2S/c1-2-6(7-12-3-4-14-7)13-5-8(9,10)11/h3-4,6,13H,2,5H2,1H3. The van der Waals surface area contributed by atoms with Gasteiger partial charge in [0.15, 0.2) is 0 Å². The molecule has 1 aromatic rings. The summed E-state index contributed by atoms with van der Waals surface area (Å²) in [5.41, 5.74) is 0. The summed E-state index contributed by atoms with van der Waals surface area (Å²) >= 11 is 1.37. The van der Waals surface area contributed by atoms with Gasteiger partial charge in [-0.05, 0) is 6.42 Å². The molecule has 0 fully saturated rings. The zero-order valence-electron chi connectivity index (χ0n) is 7.64. The first-order valence-electron chi connectivity index (χ1n) is 4.22. The Morgan fingerprint density at radius 1 is 1.57 bits per heavy atom. The molecule has 0 aliphatic rings. The highest BCUT2D eigenvalue weighted by molar-refractivity contribution is 7.09. The number of aromatic nitrogens is 1. The SMILES string of the molecule is CCC(NCC(F)(F)F)c1nccs1. The molecule has 6 heteroatoms. The van der Waals surface area contributed by atoms with Crippen LogP contribution in [0.4, 0.5) is 13.2 Å². The molecule has 1 aromatic heterocycles. The Morgan fingerprint density at radius 2 is 2.29 bits per heavy atom. The Bertz CT molecular complexity index is 258. The minimum Gasteiger partial charge on any atom is -0.300 e. The first-order valence-corrected chi connectivity index (χ1v) is 5.10. The highest BCUT2D eigenvalue weighted by atomic mass is 32.1. The normalized spacial score (nSPS) is 14.3. The van der Waals surface area contributed by atoms with Gasteiger partial charge in [-0.3, -0.25) is 5.32 Å². The third kappa shape index (κ3) is 3.63. The van der Waals surface area contributed by atoms with Crippen molar-refractivity contribution in [3.8, 4) is 0 Å². The molecule has 14 heavy (non-hydrogen) atoms. The van der Waals surface area contributed by atoms with Gasteiger partial charge in [-0.2, -0.15) is 13.2 Å². The zero-order chi connectivity index (χ0) is 10.6. The van der Waals surface area contributed by atoms with Gasteiger partial charge in [0, 0.05) is 11.6 Å². The summed E-state index contributed by atoms with van der Waals surface area (Å²) in [7, 11) is 0. The number of nitrogens with one attached hydrogen (secondary N) is 1. The van der Waals surface area contributed by atoms with E-state index in [0.29, 0.717) is 11.4 Å². The Balaban J connectivity index is 2.49. The van der Waals surface area contributed by atoms with Crippen LogP contribution >= 0.6 is 11.3 Å². The summed E-state index contributed by atoms with van der Waals surface area (Å²) in [5.74, 6) is 0. The fourth-order valence-corrected chi connectivity index (χ4v) is 1.85. The van der Waals surface area contributed by atoms with Crippen molar-refractivity contribution in [3.63, 3.8) is 0 Å². The van der Waals surface area contributed by atoms with Crippen LogP contribution in [-0.4, -0.2) is 17.7 Å². The molecule has 1 unspecified atom stereocenters. The molecular formula is C8H11F3N2S. The van der Waals surface area contributed by atoms with Crippen LogP contribution in [0.25, 0.3) is 0 Å². The quantitative estimate of drug-likeness (QED) is 0.850. The molecule has 0 saturated carbocycles. The molecule has 1 heterocycles. The average Bonchev–Trinajstić information content (AvgIpc) is 2.56. The first kappa shape index (κ1) is 11.5. The molecule has 0 saturated heterocycles. The molecule has 0 aliphatic heterocycles. The molecule has 1 atom stereocenters. The van der Waals surface area contributed by atoms with Crippen LogP contribution in [0.2, 0.25) is 0 Å². The molecule has 0 bridgehead atoms. The third-order valence-corrected chi connectivity index (χ3v) is 2.60. The van der Waals surface area contributed by atoms with E-state index in [9.17, 15) is 13.2 Å². The van der Waals surface area contributed by atoms with Crippen LogP contribution in [0.5, 0.6) is 0 Å². The summed E-state index contributed by atoms with van der Waals surface area (Å²) in [4.78, 5) is 3.98. The molecule has 1 N–H and O–H groups in total. The zero-order valence-corrected chi connectivity index (χ0v) is 8.45. The van der Waals surface area contributed by atoms with E-state index < -0.39 is 12.7 Å². The maximum atomic E-state index is 11.9. The fraction of sp³-hybridized carbons (Fsp3) is 0.625. The van der Waals surface area contributed by atoms with Crippen LogP contribution < -0.4 is 5.32 Å². The summed E-state index contributed by atoms with van der Waals surface area (Å²) in [6, 6.07) is -0.295. The molecule has 2 nitrogen and oxygen atoms in total. The van der Waals surface area contributed by atoms with Gasteiger partial charge >= 0.3 is 6.18 Å². The van der Waals surface area contributed by atoms with Crippen LogP contribution in [-0.2, 0) is 0 Å². The lowest BCUT2D eigenvalue weighted by molar-refractivity contribution is -0.126. The van der Waals surface area contributed by atoms with Crippen molar-refractivity contribution in [1.29, 1.82) is 0 Å². The second kappa shape index (κ2) is 4.75. The molecule has 1 rings (SSSR count). The molecule has 0 amide bonds. The summed E-state index contributed by atoms with van der Waals surface area (Å²) < 4.78 is 35.7. The predicted molar refractivity (Wildman–Crippen MR) is 49.2 cm³/mol. The van der Waals surface area contributed by atoms with E-state index >= 15 is 0 Å². The highest BCUT2D eigenvalue weighted by Gasteiger charge is 2.28. The van der Waals surface area contributed by atoms with Gasteiger partial charge in [0.1, 0.15) is 5.01 Å². The van der Waals surface area contributed by atoms with Gasteiger partial charge in [0.2, 0.25) is 0 Å². The number of hydrogen-bond acceptors (Lipinski definition) is 3. The Morgan fingerprint density at radius 3 is 2.71 bits per heavy atom. The number of halogens is 3. The largest absolute Gasteiger partial charge is 0.401 e. The Kier molecular flexibility index (Phi) is 3.88. The second-order valence-corrected chi connectivity index (χ2v) is 3.75. The Hall–Kier alpha value is -0.620. The van der Waals surface area contributed by atoms with Crippen molar-refractivity contribution in [1.82, 2.24) is 10.3 Å². The number of thiazole rings is 1. The van der Waals surface area contributed by atoms with Crippen LogP contribution in [0.3, 0.4) is 0 Å². The molecule has 0 spiro atoms. The van der Waals surface area contributed by atoms with Gasteiger partial charge in [0.25, 0.3) is 0 Å². The van der Waals surface area contributed by atoms with Gasteiger partial charge in [-0.15, -0.1) is 11.3 Å². The minimum absolute atomic E-state index is 0.295. The van der Waals surface area contributed by atoms with Crippen molar-refractivity contribution in [3.05, 3.63) is 16.6 Å². The molecule has 0 radical (unpaired) electrons. The monoisotopic (exact) mass is 224 g/mol. The van der Waals surface area contributed by atoms with Gasteiger partial charge in [0.05, 0.1) is 12.6 Å². The van der Waals surface area contributed by atoms with E-state index in [1.807, 2.05) is 6.92 Å². The van der Waals surface area contributed by atoms with Gasteiger partial charge in [-0.25, -0.2) is 4.98 Å². The van der Waals surface area contributed by atoms with E-state index in [4.69, 9.17) is 0 Å². The van der Waals surface area contributed by atoms with Gasteiger partial charge in [-0.1, -0.05) is 6.92 Å². The Labute approximate surface area is 84.2 Å². The summed E-state index contributed by atoms with van der Waals surface area (Å²) in [5, 5.41) is 4.90. The van der Waals surface area contributed by atoms with Crippen LogP contribution in [0.15, 0.2) is 11.6 Å². The van der Waals surface area contributed by atoms with Crippen molar-refractivity contribution in [2.75, 3.05) is 6.54 Å². The lowest BCUT2D eigenvalue weighted by Gasteiger charge is -2.15. The topological polar surface area (TPSA) is 24.9 Å². The van der Waals surface area contributed by atoms with E-state index in [0.717, 1.165) is 0 Å². The van der Waals surface area contributed by atoms with Crippen molar-refractivity contribution in [2.24, 2.45) is 0 Å². The lowest BCUT2D eigenvalue weighted by atomic mass is 10.2. The number of alkyl halides is 3. The van der Waals surface area contributed by atoms with Gasteiger partial charge < -0.3 is 0 Å². The molecule has 80 valence electrons.